The number of aliphatic hydroxyl groups is 1. The van der Waals surface area contributed by atoms with Crippen LogP contribution in [0.4, 0.5) is 13.2 Å². The second kappa shape index (κ2) is 7.76. The first kappa shape index (κ1) is 19.9. The Morgan fingerprint density at radius 3 is 2.64 bits per heavy atom. The number of carbonyl (C=O) groups excluding carboxylic acids is 1. The summed E-state index contributed by atoms with van der Waals surface area (Å²) >= 11 is 0. The van der Waals surface area contributed by atoms with E-state index in [-0.39, 0.29) is 36.2 Å². The van der Waals surface area contributed by atoms with Gasteiger partial charge in [0.15, 0.2) is 5.78 Å². The number of benzene rings is 1. The monoisotopic (exact) mass is 397 g/mol. The van der Waals surface area contributed by atoms with E-state index in [0.29, 0.717) is 30.9 Å². The second-order valence-electron chi connectivity index (χ2n) is 8.33. The molecule has 1 saturated carbocycles. The molecule has 2 aliphatic heterocycles. The number of ether oxygens (including phenoxy) is 1. The van der Waals surface area contributed by atoms with Crippen LogP contribution >= 0.6 is 0 Å². The summed E-state index contributed by atoms with van der Waals surface area (Å²) in [7, 11) is 0. The molecule has 0 bridgehead atoms. The van der Waals surface area contributed by atoms with Crippen LogP contribution < -0.4 is 0 Å². The Morgan fingerprint density at radius 2 is 2.00 bits per heavy atom. The minimum atomic E-state index is -4.40. The summed E-state index contributed by atoms with van der Waals surface area (Å²) in [5.41, 5.74) is 0.293. The number of hydrogen-bond acceptors (Lipinski definition) is 4. The maximum atomic E-state index is 13.1. The van der Waals surface area contributed by atoms with Crippen molar-refractivity contribution in [3.05, 3.63) is 34.9 Å². The average Bonchev–Trinajstić information content (AvgIpc) is 3.42. The fourth-order valence-electron chi connectivity index (χ4n) is 4.60. The van der Waals surface area contributed by atoms with Crippen LogP contribution in [0.5, 0.6) is 0 Å². The number of nitrogens with zero attached hydrogens (tertiary/aromatic N) is 1. The van der Waals surface area contributed by atoms with E-state index in [4.69, 9.17) is 4.74 Å². The number of likely N-dealkylation sites (tertiary alicyclic amines) is 1. The van der Waals surface area contributed by atoms with Crippen molar-refractivity contribution in [1.29, 1.82) is 0 Å². The lowest BCUT2D eigenvalue weighted by Crippen LogP contribution is -2.45. The lowest BCUT2D eigenvalue weighted by Gasteiger charge is -2.37. The molecular formula is C21H26F3NO3. The molecule has 3 fully saturated rings. The predicted octanol–water partition coefficient (Wildman–Crippen LogP) is 3.63. The van der Waals surface area contributed by atoms with Gasteiger partial charge in [-0.15, -0.1) is 0 Å². The molecule has 1 aromatic rings. The number of rotatable bonds is 5. The van der Waals surface area contributed by atoms with Crippen LogP contribution in [0.3, 0.4) is 0 Å². The fourth-order valence-corrected chi connectivity index (χ4v) is 4.60. The van der Waals surface area contributed by atoms with E-state index in [9.17, 15) is 23.1 Å². The minimum Gasteiger partial charge on any atom is -0.392 e. The summed E-state index contributed by atoms with van der Waals surface area (Å²) in [6.45, 7) is 2.53. The molecule has 0 spiro atoms. The molecule has 7 heteroatoms. The van der Waals surface area contributed by atoms with Gasteiger partial charge in [0.1, 0.15) is 0 Å². The third kappa shape index (κ3) is 4.26. The van der Waals surface area contributed by atoms with Crippen molar-refractivity contribution in [2.75, 3.05) is 26.3 Å². The third-order valence-electron chi connectivity index (χ3n) is 6.24. The Hall–Kier alpha value is -1.44. The highest BCUT2D eigenvalue weighted by atomic mass is 19.4. The van der Waals surface area contributed by atoms with Crippen LogP contribution in [0.1, 0.15) is 59.5 Å². The number of halogens is 3. The minimum absolute atomic E-state index is 0.000829. The smallest absolute Gasteiger partial charge is 0.392 e. The van der Waals surface area contributed by atoms with E-state index < -0.39 is 11.7 Å². The Kier molecular flexibility index (Phi) is 5.51. The van der Waals surface area contributed by atoms with E-state index in [1.807, 2.05) is 0 Å². The zero-order valence-electron chi connectivity index (χ0n) is 15.8. The van der Waals surface area contributed by atoms with Gasteiger partial charge in [0.25, 0.3) is 0 Å². The molecule has 2 saturated heterocycles. The first-order valence-electron chi connectivity index (χ1n) is 10.1. The zero-order valence-corrected chi connectivity index (χ0v) is 15.8. The van der Waals surface area contributed by atoms with Crippen molar-refractivity contribution in [3.8, 4) is 0 Å². The molecule has 0 aromatic heterocycles. The van der Waals surface area contributed by atoms with Crippen molar-refractivity contribution < 1.29 is 27.8 Å². The Labute approximate surface area is 162 Å². The van der Waals surface area contributed by atoms with Gasteiger partial charge >= 0.3 is 6.18 Å². The summed E-state index contributed by atoms with van der Waals surface area (Å²) in [5, 5.41) is 9.84. The highest BCUT2D eigenvalue weighted by Crippen LogP contribution is 2.44. The van der Waals surface area contributed by atoms with Crippen LogP contribution in [-0.4, -0.2) is 54.2 Å². The van der Waals surface area contributed by atoms with Gasteiger partial charge in [0, 0.05) is 43.6 Å². The summed E-state index contributed by atoms with van der Waals surface area (Å²) < 4.78 is 44.9. The van der Waals surface area contributed by atoms with Gasteiger partial charge in [0.2, 0.25) is 0 Å². The SMILES string of the molecule is O=C(C[C@@H]1COCC[C@H]1N1CCC(O)C1)c1ccc(C(F)(F)F)cc1C1CC1. The summed E-state index contributed by atoms with van der Waals surface area (Å²) in [6, 6.07) is 3.71. The van der Waals surface area contributed by atoms with Gasteiger partial charge in [0.05, 0.1) is 18.3 Å². The highest BCUT2D eigenvalue weighted by molar-refractivity contribution is 5.98. The van der Waals surface area contributed by atoms with Crippen molar-refractivity contribution in [3.63, 3.8) is 0 Å². The molecule has 3 aliphatic rings. The standard InChI is InChI=1S/C21H26F3NO3/c22-21(23,24)15-3-4-17(18(10-15)13-1-2-13)20(27)9-14-12-28-8-6-19(14)25-7-5-16(26)11-25/h3-4,10,13-14,16,19,26H,1-2,5-9,11-12H2/t14-,16?,19-/m1/s1. The summed E-state index contributed by atoms with van der Waals surface area (Å²) in [6.07, 6.45) is -1.23. The molecule has 0 amide bonds. The van der Waals surface area contributed by atoms with E-state index in [2.05, 4.69) is 4.90 Å². The van der Waals surface area contributed by atoms with Crippen molar-refractivity contribution in [2.45, 2.75) is 56.3 Å². The number of ketones is 1. The number of hydrogen-bond donors (Lipinski definition) is 1. The molecule has 1 N–H and O–H groups in total. The van der Waals surface area contributed by atoms with Gasteiger partial charge in [-0.05, 0) is 49.3 Å². The lowest BCUT2D eigenvalue weighted by atomic mass is 9.86. The normalized spacial score (nSPS) is 29.2. The van der Waals surface area contributed by atoms with Crippen LogP contribution in [-0.2, 0) is 10.9 Å². The Bertz CT molecular complexity index is 732. The number of Topliss-reactive ketones (excluding diaryl/α,β-unsaturated/α-hetero) is 1. The van der Waals surface area contributed by atoms with Crippen LogP contribution in [0.15, 0.2) is 18.2 Å². The first-order valence-corrected chi connectivity index (χ1v) is 10.1. The average molecular weight is 397 g/mol. The third-order valence-corrected chi connectivity index (χ3v) is 6.24. The maximum Gasteiger partial charge on any atom is 0.416 e. The van der Waals surface area contributed by atoms with Crippen LogP contribution in [0.25, 0.3) is 0 Å². The van der Waals surface area contributed by atoms with E-state index in [1.165, 1.54) is 6.07 Å². The summed E-state index contributed by atoms with van der Waals surface area (Å²) in [4.78, 5) is 15.3. The largest absolute Gasteiger partial charge is 0.416 e. The van der Waals surface area contributed by atoms with Crippen LogP contribution in [0.2, 0.25) is 0 Å². The van der Waals surface area contributed by atoms with Gasteiger partial charge in [-0.1, -0.05) is 6.07 Å². The van der Waals surface area contributed by atoms with Gasteiger partial charge < -0.3 is 9.84 Å². The Balaban J connectivity index is 1.52. The molecule has 154 valence electrons. The summed E-state index contributed by atoms with van der Waals surface area (Å²) in [5.74, 6) is -0.0369. The van der Waals surface area contributed by atoms with Crippen molar-refractivity contribution in [2.24, 2.45) is 5.92 Å². The van der Waals surface area contributed by atoms with Gasteiger partial charge in [-0.2, -0.15) is 13.2 Å². The zero-order chi connectivity index (χ0) is 19.9. The molecule has 3 atom stereocenters. The molecule has 4 nitrogen and oxygen atoms in total. The van der Waals surface area contributed by atoms with E-state index in [0.717, 1.165) is 44.4 Å². The molecule has 0 radical (unpaired) electrons. The number of β-amino-alcohol motifs (C(OH)–C–C–N with tert-alkyl or cyclic N) is 1. The molecule has 28 heavy (non-hydrogen) atoms. The number of alkyl halides is 3. The van der Waals surface area contributed by atoms with E-state index >= 15 is 0 Å². The molecule has 4 rings (SSSR count). The Morgan fingerprint density at radius 1 is 1.21 bits per heavy atom. The van der Waals surface area contributed by atoms with Gasteiger partial charge in [-0.3, -0.25) is 9.69 Å². The van der Waals surface area contributed by atoms with Gasteiger partial charge in [-0.25, -0.2) is 0 Å². The highest BCUT2D eigenvalue weighted by Gasteiger charge is 2.38. The predicted molar refractivity (Wildman–Crippen MR) is 97.3 cm³/mol. The molecule has 1 aliphatic carbocycles. The first-order chi connectivity index (χ1) is 13.3. The topological polar surface area (TPSA) is 49.8 Å². The quantitative estimate of drug-likeness (QED) is 0.771. The molecular weight excluding hydrogens is 371 g/mol. The molecule has 1 aromatic carbocycles. The lowest BCUT2D eigenvalue weighted by molar-refractivity contribution is -0.137. The second-order valence-corrected chi connectivity index (χ2v) is 8.33. The van der Waals surface area contributed by atoms with Crippen LogP contribution in [0, 0.1) is 5.92 Å². The molecule has 2 heterocycles. The number of aliphatic hydroxyl groups excluding tert-OH is 1. The fraction of sp³-hybridized carbons (Fsp3) is 0.667. The maximum absolute atomic E-state index is 13.1. The van der Waals surface area contributed by atoms with Crippen molar-refractivity contribution in [1.82, 2.24) is 4.90 Å². The molecule has 1 unspecified atom stereocenters. The number of carbonyl (C=O) groups is 1. The van der Waals surface area contributed by atoms with E-state index in [1.54, 1.807) is 0 Å². The van der Waals surface area contributed by atoms with Crippen molar-refractivity contribution >= 4 is 5.78 Å².